The third-order valence-corrected chi connectivity index (χ3v) is 4.66. The Kier molecular flexibility index (Phi) is 5.33. The zero-order chi connectivity index (χ0) is 15.5. The van der Waals surface area contributed by atoms with Crippen LogP contribution in [0.2, 0.25) is 0 Å². The van der Waals surface area contributed by atoms with Gasteiger partial charge in [0.05, 0.1) is 12.2 Å². The van der Waals surface area contributed by atoms with Crippen molar-refractivity contribution < 1.29 is 13.2 Å². The molecule has 1 N–H and O–H groups in total. The number of anilines is 1. The Morgan fingerprint density at radius 2 is 1.95 bits per heavy atom. The first-order valence-corrected chi connectivity index (χ1v) is 8.61. The van der Waals surface area contributed by atoms with Crippen LogP contribution in [0.4, 0.5) is 5.82 Å². The van der Waals surface area contributed by atoms with Crippen LogP contribution in [0.5, 0.6) is 0 Å². The van der Waals surface area contributed by atoms with E-state index in [-0.39, 0.29) is 6.04 Å². The fourth-order valence-corrected chi connectivity index (χ4v) is 2.42. The molecule has 114 valence electrons. The minimum atomic E-state index is -3.40. The molecular weight excluding hydrogens is 278 g/mol. The maximum Gasteiger partial charge on any atom is 0.243 e. The van der Waals surface area contributed by atoms with E-state index < -0.39 is 21.0 Å². The third-order valence-electron chi connectivity index (χ3n) is 3.16. The molecule has 0 fully saturated rings. The van der Waals surface area contributed by atoms with Crippen LogP contribution in [0.3, 0.4) is 0 Å². The molecule has 0 unspecified atom stereocenters. The molecule has 1 aromatic heterocycles. The zero-order valence-electron chi connectivity index (χ0n) is 12.6. The first-order chi connectivity index (χ1) is 9.12. The second kappa shape index (κ2) is 6.39. The van der Waals surface area contributed by atoms with Gasteiger partial charge >= 0.3 is 0 Å². The molecule has 0 aromatic carbocycles. The molecular formula is C13H23N3O3S. The Morgan fingerprint density at radius 1 is 1.35 bits per heavy atom. The van der Waals surface area contributed by atoms with Crippen molar-refractivity contribution in [3.63, 3.8) is 0 Å². The molecule has 1 heterocycles. The normalized spacial score (nSPS) is 15.1. The summed E-state index contributed by atoms with van der Waals surface area (Å²) in [6, 6.07) is 1.80. The Bertz CT molecular complexity index is 563. The average molecular weight is 301 g/mol. The van der Waals surface area contributed by atoms with Crippen LogP contribution in [0, 0.1) is 5.92 Å². The molecule has 0 bridgehead atoms. The molecule has 2 atom stereocenters. The van der Waals surface area contributed by atoms with Gasteiger partial charge < -0.3 is 5.32 Å². The molecule has 0 saturated heterocycles. The van der Waals surface area contributed by atoms with Crippen molar-refractivity contribution >= 4 is 21.6 Å². The Hall–Kier alpha value is -1.37. The maximum atomic E-state index is 11.9. The van der Waals surface area contributed by atoms with Gasteiger partial charge in [0.1, 0.15) is 11.1 Å². The SMILES string of the molecule is CC(C)C[C@H](C)n1nccc1NC(=O)[C@@H](C)S(C)(=O)=O. The summed E-state index contributed by atoms with van der Waals surface area (Å²) in [5.74, 6) is 0.498. The Balaban J connectivity index is 2.85. The lowest BCUT2D eigenvalue weighted by Gasteiger charge is -2.18. The predicted octanol–water partition coefficient (Wildman–Crippen LogP) is 1.86. The minimum absolute atomic E-state index is 0.133. The summed E-state index contributed by atoms with van der Waals surface area (Å²) in [4.78, 5) is 11.9. The van der Waals surface area contributed by atoms with Crippen LogP contribution in [-0.4, -0.2) is 35.6 Å². The van der Waals surface area contributed by atoms with Gasteiger partial charge in [-0.15, -0.1) is 0 Å². The minimum Gasteiger partial charge on any atom is -0.310 e. The van der Waals surface area contributed by atoms with E-state index in [1.54, 1.807) is 16.9 Å². The summed E-state index contributed by atoms with van der Waals surface area (Å²) < 4.78 is 24.5. The molecule has 0 aliphatic carbocycles. The first-order valence-electron chi connectivity index (χ1n) is 6.66. The number of rotatable bonds is 6. The van der Waals surface area contributed by atoms with Gasteiger partial charge in [-0.2, -0.15) is 5.10 Å². The van der Waals surface area contributed by atoms with Crippen molar-refractivity contribution in [3.05, 3.63) is 12.3 Å². The number of aromatic nitrogens is 2. The van der Waals surface area contributed by atoms with Gasteiger partial charge in [0.2, 0.25) is 5.91 Å². The molecule has 1 amide bonds. The van der Waals surface area contributed by atoms with Crippen molar-refractivity contribution in [2.75, 3.05) is 11.6 Å². The molecule has 0 spiro atoms. The van der Waals surface area contributed by atoms with E-state index in [9.17, 15) is 13.2 Å². The van der Waals surface area contributed by atoms with Gasteiger partial charge in [-0.05, 0) is 26.2 Å². The van der Waals surface area contributed by atoms with Crippen LogP contribution >= 0.6 is 0 Å². The number of carbonyl (C=O) groups excluding carboxylic acids is 1. The topological polar surface area (TPSA) is 81.1 Å². The lowest BCUT2D eigenvalue weighted by molar-refractivity contribution is -0.115. The molecule has 1 rings (SSSR count). The fourth-order valence-electron chi connectivity index (χ4n) is 1.97. The van der Waals surface area contributed by atoms with Crippen molar-refractivity contribution in [2.24, 2.45) is 5.92 Å². The number of hydrogen-bond acceptors (Lipinski definition) is 4. The second-order valence-corrected chi connectivity index (χ2v) is 7.97. The molecule has 0 radical (unpaired) electrons. The Labute approximate surface area is 120 Å². The highest BCUT2D eigenvalue weighted by Crippen LogP contribution is 2.21. The van der Waals surface area contributed by atoms with Crippen LogP contribution in [-0.2, 0) is 14.6 Å². The van der Waals surface area contributed by atoms with Gasteiger partial charge in [-0.1, -0.05) is 13.8 Å². The summed E-state index contributed by atoms with van der Waals surface area (Å²) in [5, 5.41) is 5.75. The molecule has 0 aliphatic heterocycles. The van der Waals surface area contributed by atoms with E-state index in [1.165, 1.54) is 6.92 Å². The Morgan fingerprint density at radius 3 is 2.45 bits per heavy atom. The summed E-state index contributed by atoms with van der Waals surface area (Å²) in [5.41, 5.74) is 0. The van der Waals surface area contributed by atoms with Gasteiger partial charge in [0, 0.05) is 12.3 Å². The zero-order valence-corrected chi connectivity index (χ0v) is 13.4. The number of carbonyl (C=O) groups is 1. The predicted molar refractivity (Wildman–Crippen MR) is 79.3 cm³/mol. The van der Waals surface area contributed by atoms with Crippen LogP contribution in [0.1, 0.15) is 40.2 Å². The highest BCUT2D eigenvalue weighted by Gasteiger charge is 2.24. The molecule has 1 aromatic rings. The lowest BCUT2D eigenvalue weighted by Crippen LogP contribution is -2.32. The van der Waals surface area contributed by atoms with Crippen molar-refractivity contribution in [3.8, 4) is 0 Å². The molecule has 0 saturated carbocycles. The first kappa shape index (κ1) is 16.7. The number of sulfone groups is 1. The molecule has 20 heavy (non-hydrogen) atoms. The van der Waals surface area contributed by atoms with E-state index in [2.05, 4.69) is 24.3 Å². The van der Waals surface area contributed by atoms with Crippen LogP contribution < -0.4 is 5.32 Å². The molecule has 6 nitrogen and oxygen atoms in total. The van der Waals surface area contributed by atoms with Gasteiger partial charge in [-0.3, -0.25) is 4.79 Å². The number of nitrogens with zero attached hydrogens (tertiary/aromatic N) is 2. The standard InChI is InChI=1S/C13H23N3O3S/c1-9(2)8-10(3)16-12(6-7-14-16)15-13(17)11(4)20(5,18)19/h6-7,9-11H,8H2,1-5H3,(H,15,17)/t10-,11+/m0/s1. The van der Waals surface area contributed by atoms with E-state index in [1.807, 2.05) is 6.92 Å². The van der Waals surface area contributed by atoms with Crippen molar-refractivity contribution in [2.45, 2.75) is 45.4 Å². The van der Waals surface area contributed by atoms with Crippen molar-refractivity contribution in [1.82, 2.24) is 9.78 Å². The van der Waals surface area contributed by atoms with Gasteiger partial charge in [0.25, 0.3) is 0 Å². The lowest BCUT2D eigenvalue weighted by atomic mass is 10.1. The van der Waals surface area contributed by atoms with Crippen LogP contribution in [0.25, 0.3) is 0 Å². The summed E-state index contributed by atoms with van der Waals surface area (Å²) in [6.07, 6.45) is 3.57. The third kappa shape index (κ3) is 4.33. The average Bonchev–Trinajstić information content (AvgIpc) is 2.73. The number of nitrogens with one attached hydrogen (secondary N) is 1. The summed E-state index contributed by atoms with van der Waals surface area (Å²) in [6.45, 7) is 7.62. The summed E-state index contributed by atoms with van der Waals surface area (Å²) >= 11 is 0. The van der Waals surface area contributed by atoms with E-state index in [0.717, 1.165) is 12.7 Å². The fraction of sp³-hybridized carbons (Fsp3) is 0.692. The van der Waals surface area contributed by atoms with E-state index in [0.29, 0.717) is 11.7 Å². The van der Waals surface area contributed by atoms with Crippen molar-refractivity contribution in [1.29, 1.82) is 0 Å². The van der Waals surface area contributed by atoms with Gasteiger partial charge in [0.15, 0.2) is 9.84 Å². The smallest absolute Gasteiger partial charge is 0.243 e. The second-order valence-electron chi connectivity index (χ2n) is 5.60. The monoisotopic (exact) mass is 301 g/mol. The van der Waals surface area contributed by atoms with Crippen LogP contribution in [0.15, 0.2) is 12.3 Å². The number of amides is 1. The van der Waals surface area contributed by atoms with E-state index in [4.69, 9.17) is 0 Å². The summed E-state index contributed by atoms with van der Waals surface area (Å²) in [7, 11) is -3.40. The maximum absolute atomic E-state index is 11.9. The largest absolute Gasteiger partial charge is 0.310 e. The highest BCUT2D eigenvalue weighted by molar-refractivity contribution is 7.92. The quantitative estimate of drug-likeness (QED) is 0.869. The highest BCUT2D eigenvalue weighted by atomic mass is 32.2. The molecule has 0 aliphatic rings. The molecule has 7 heteroatoms. The van der Waals surface area contributed by atoms with Gasteiger partial charge in [-0.25, -0.2) is 13.1 Å². The number of hydrogen-bond donors (Lipinski definition) is 1. The van der Waals surface area contributed by atoms with E-state index >= 15 is 0 Å².